The molecule has 0 aliphatic rings. The first-order valence-electron chi connectivity index (χ1n) is 6.78. The molecule has 1 heterocycles. The summed E-state index contributed by atoms with van der Waals surface area (Å²) in [4.78, 5) is 4.72. The Bertz CT molecular complexity index is 638. The Morgan fingerprint density at radius 1 is 1.40 bits per heavy atom. The van der Waals surface area contributed by atoms with E-state index in [-0.39, 0.29) is 1.43 Å². The van der Waals surface area contributed by atoms with Crippen LogP contribution in [-0.4, -0.2) is 24.5 Å². The zero-order valence-electron chi connectivity index (χ0n) is 13.7. The lowest BCUT2D eigenvalue weighted by molar-refractivity contribution is 0.577. The predicted octanol–water partition coefficient (Wildman–Crippen LogP) is 3.34. The van der Waals surface area contributed by atoms with Gasteiger partial charge in [-0.3, -0.25) is 4.68 Å². The molecule has 0 unspecified atom stereocenters. The summed E-state index contributed by atoms with van der Waals surface area (Å²) in [6, 6.07) is 6.07. The highest BCUT2D eigenvalue weighted by Crippen LogP contribution is 2.32. The minimum atomic E-state index is -1.15. The van der Waals surface area contributed by atoms with Gasteiger partial charge in [-0.1, -0.05) is 12.1 Å². The number of benzene rings is 1. The van der Waals surface area contributed by atoms with Crippen molar-refractivity contribution >= 4 is 20.4 Å². The van der Waals surface area contributed by atoms with Crippen molar-refractivity contribution in [3.63, 3.8) is 0 Å². The largest absolute Gasteiger partial charge is 1.00 e. The number of hydrogen-bond acceptors (Lipinski definition) is 3. The molecule has 0 aliphatic carbocycles. The molecule has 0 amide bonds. The highest BCUT2D eigenvalue weighted by molar-refractivity contribution is 6.49. The van der Waals surface area contributed by atoms with Gasteiger partial charge in [0.25, 0.3) is 0 Å². The second-order valence-electron chi connectivity index (χ2n) is 5.19. The van der Waals surface area contributed by atoms with E-state index in [1.807, 2.05) is 38.5 Å². The van der Waals surface area contributed by atoms with Crippen LogP contribution in [0.15, 0.2) is 35.6 Å². The second-order valence-corrected chi connectivity index (χ2v) is 7.52. The van der Waals surface area contributed by atoms with Gasteiger partial charge in [-0.05, 0) is 38.6 Å². The molecule has 0 spiro atoms. The summed E-state index contributed by atoms with van der Waals surface area (Å²) < 4.78 is 7.81. The van der Waals surface area contributed by atoms with Gasteiger partial charge in [-0.25, -0.2) is 4.99 Å². The quantitative estimate of drug-likeness (QED) is 0.639. The fourth-order valence-electron chi connectivity index (χ4n) is 1.97. The maximum atomic E-state index is 6.03. The summed E-state index contributed by atoms with van der Waals surface area (Å²) in [5.74, 6) is 0.914. The average molecular weight is 288 g/mol. The van der Waals surface area contributed by atoms with Gasteiger partial charge in [-0.2, -0.15) is 5.10 Å². The van der Waals surface area contributed by atoms with Crippen molar-refractivity contribution in [3.05, 3.63) is 41.7 Å². The van der Waals surface area contributed by atoms with E-state index in [1.165, 1.54) is 0 Å². The van der Waals surface area contributed by atoms with E-state index >= 15 is 0 Å². The molecule has 1 aromatic carbocycles. The Kier molecular flexibility index (Phi) is 4.39. The molecule has 2 rings (SSSR count). The standard InChI is InChI=1S/C15H21N3OSi/c1-11-7-6-8-14(15(11)19-20(4)5)17-12(2)13-9-16-18(3)10-13/h6-10,20H,1-5H3/p+1. The number of hydrogen-bond donors (Lipinski definition) is 0. The Hall–Kier alpha value is -1.88. The molecule has 2 aromatic rings. The summed E-state index contributed by atoms with van der Waals surface area (Å²) in [6.45, 7) is 8.38. The van der Waals surface area contributed by atoms with Crippen LogP contribution in [0.2, 0.25) is 13.1 Å². The third-order valence-electron chi connectivity index (χ3n) is 2.96. The maximum absolute atomic E-state index is 6.03. The first kappa shape index (κ1) is 14.5. The number of aromatic nitrogens is 2. The van der Waals surface area contributed by atoms with Crippen LogP contribution in [0.5, 0.6) is 5.75 Å². The minimum Gasteiger partial charge on any atom is -0.545 e. The molecule has 5 heteroatoms. The molecule has 0 bridgehead atoms. The highest BCUT2D eigenvalue weighted by atomic mass is 28.3. The van der Waals surface area contributed by atoms with E-state index in [0.717, 1.165) is 28.3 Å². The van der Waals surface area contributed by atoms with E-state index in [1.54, 1.807) is 4.68 Å². The van der Waals surface area contributed by atoms with Gasteiger partial charge in [0.1, 0.15) is 11.4 Å². The van der Waals surface area contributed by atoms with Crippen molar-refractivity contribution in [2.24, 2.45) is 12.0 Å². The van der Waals surface area contributed by atoms with Crippen molar-refractivity contribution in [3.8, 4) is 5.75 Å². The number of aryl methyl sites for hydroxylation is 2. The first-order chi connectivity index (χ1) is 9.47. The van der Waals surface area contributed by atoms with Gasteiger partial charge in [0, 0.05) is 24.5 Å². The molecular formula is C15H22N3OSi+. The van der Waals surface area contributed by atoms with Gasteiger partial charge in [0.15, 0.2) is 0 Å². The summed E-state index contributed by atoms with van der Waals surface area (Å²) >= 11 is 0. The van der Waals surface area contributed by atoms with Crippen molar-refractivity contribution in [1.29, 1.82) is 0 Å². The second kappa shape index (κ2) is 6.05. The molecule has 0 aliphatic heterocycles. The Morgan fingerprint density at radius 2 is 2.15 bits per heavy atom. The van der Waals surface area contributed by atoms with Gasteiger partial charge >= 0.3 is 1.43 Å². The Morgan fingerprint density at radius 3 is 2.75 bits per heavy atom. The molecule has 106 valence electrons. The molecule has 20 heavy (non-hydrogen) atoms. The topological polar surface area (TPSA) is 39.4 Å². The highest BCUT2D eigenvalue weighted by Gasteiger charge is 2.09. The van der Waals surface area contributed by atoms with Crippen LogP contribution >= 0.6 is 0 Å². The first-order valence-corrected chi connectivity index (χ1v) is 9.56. The lowest BCUT2D eigenvalue weighted by Gasteiger charge is -2.14. The maximum Gasteiger partial charge on any atom is 1.00 e. The smallest absolute Gasteiger partial charge is 0.545 e. The normalized spacial score (nSPS) is 12.0. The lowest BCUT2D eigenvalue weighted by atomic mass is 10.2. The van der Waals surface area contributed by atoms with Crippen LogP contribution in [0.4, 0.5) is 5.69 Å². The third kappa shape index (κ3) is 3.36. The van der Waals surface area contributed by atoms with Crippen molar-refractivity contribution in [2.45, 2.75) is 26.9 Å². The number of nitrogens with zero attached hydrogens (tertiary/aromatic N) is 3. The fourth-order valence-corrected chi connectivity index (χ4v) is 2.75. The molecule has 0 saturated carbocycles. The summed E-state index contributed by atoms with van der Waals surface area (Å²) in [7, 11) is 0.751. The van der Waals surface area contributed by atoms with Gasteiger partial charge in [0.2, 0.25) is 9.04 Å². The van der Waals surface area contributed by atoms with Crippen LogP contribution in [0.25, 0.3) is 0 Å². The van der Waals surface area contributed by atoms with Gasteiger partial charge in [0.05, 0.1) is 6.20 Å². The number of para-hydroxylation sites is 1. The molecule has 0 radical (unpaired) electrons. The van der Waals surface area contributed by atoms with E-state index in [0.29, 0.717) is 0 Å². The number of rotatable bonds is 4. The van der Waals surface area contributed by atoms with Gasteiger partial charge in [-0.15, -0.1) is 0 Å². The van der Waals surface area contributed by atoms with Crippen molar-refractivity contribution in [2.75, 3.05) is 0 Å². The van der Waals surface area contributed by atoms with E-state index in [2.05, 4.69) is 31.2 Å². The van der Waals surface area contributed by atoms with Crippen LogP contribution in [0.3, 0.4) is 0 Å². The summed E-state index contributed by atoms with van der Waals surface area (Å²) in [5.41, 5.74) is 4.00. The molecule has 1 aromatic heterocycles. The summed E-state index contributed by atoms with van der Waals surface area (Å²) in [5, 5.41) is 4.18. The predicted molar refractivity (Wildman–Crippen MR) is 86.9 cm³/mol. The molecule has 4 nitrogen and oxygen atoms in total. The molecule has 0 N–H and O–H groups in total. The molecule has 0 fully saturated rings. The third-order valence-corrected chi connectivity index (χ3v) is 3.66. The zero-order valence-corrected chi connectivity index (χ0v) is 13.9. The Labute approximate surface area is 123 Å². The van der Waals surface area contributed by atoms with Crippen LogP contribution < -0.4 is 4.43 Å². The van der Waals surface area contributed by atoms with E-state index in [4.69, 9.17) is 9.42 Å². The molecular weight excluding hydrogens is 266 g/mol. The SMILES string of the molecule is CC(=Nc1cccc(C)c1O[SiH](C)C)c1cnn(C)c1.[H+]. The van der Waals surface area contributed by atoms with Gasteiger partial charge < -0.3 is 4.43 Å². The average Bonchev–Trinajstić information content (AvgIpc) is 2.80. The van der Waals surface area contributed by atoms with E-state index < -0.39 is 9.04 Å². The van der Waals surface area contributed by atoms with Crippen LogP contribution in [0.1, 0.15) is 19.5 Å². The zero-order chi connectivity index (χ0) is 14.7. The van der Waals surface area contributed by atoms with Crippen molar-refractivity contribution in [1.82, 2.24) is 9.78 Å². The monoisotopic (exact) mass is 288 g/mol. The Balaban J connectivity index is 0.00000220. The van der Waals surface area contributed by atoms with Crippen LogP contribution in [0, 0.1) is 6.92 Å². The number of aliphatic imine (C=N–C) groups is 1. The lowest BCUT2D eigenvalue weighted by Crippen LogP contribution is -2.12. The molecule has 0 atom stereocenters. The minimum absolute atomic E-state index is 0. The van der Waals surface area contributed by atoms with Crippen LogP contribution in [-0.2, 0) is 7.05 Å². The van der Waals surface area contributed by atoms with Crippen molar-refractivity contribution < 1.29 is 5.85 Å². The van der Waals surface area contributed by atoms with E-state index in [9.17, 15) is 0 Å². The summed E-state index contributed by atoms with van der Waals surface area (Å²) in [6.07, 6.45) is 3.79. The molecule has 0 saturated heterocycles. The fraction of sp³-hybridized carbons (Fsp3) is 0.333.